The first-order valence-electron chi connectivity index (χ1n) is 7.61. The van der Waals surface area contributed by atoms with E-state index in [1.165, 1.54) is 25.7 Å². The average Bonchev–Trinajstić information content (AvgIpc) is 2.34. The molecule has 0 aliphatic heterocycles. The number of hydrogen-bond donors (Lipinski definition) is 1. The molecule has 1 saturated carbocycles. The molecular weight excluding hydrogens is 226 g/mol. The Hall–Kier alpha value is -0.120. The molecule has 1 aliphatic rings. The molecule has 0 amide bonds. The second-order valence-electron chi connectivity index (χ2n) is 5.75. The van der Waals surface area contributed by atoms with Crippen LogP contribution < -0.4 is 0 Å². The largest absolute Gasteiger partial charge is 0.393 e. The quantitative estimate of drug-likeness (QED) is 0.678. The highest BCUT2D eigenvalue weighted by Crippen LogP contribution is 2.32. The van der Waals surface area contributed by atoms with Crippen LogP contribution in [0.1, 0.15) is 46.0 Å². The minimum atomic E-state index is -0.0901. The highest BCUT2D eigenvalue weighted by Gasteiger charge is 2.29. The van der Waals surface area contributed by atoms with Gasteiger partial charge >= 0.3 is 0 Å². The van der Waals surface area contributed by atoms with Gasteiger partial charge in [-0.3, -0.25) is 0 Å². The molecule has 0 aromatic heterocycles. The number of hydrogen-bond acceptors (Lipinski definition) is 3. The van der Waals surface area contributed by atoms with Crippen LogP contribution in [0.4, 0.5) is 0 Å². The first-order valence-corrected chi connectivity index (χ1v) is 7.61. The minimum Gasteiger partial charge on any atom is -0.393 e. The van der Waals surface area contributed by atoms with Crippen LogP contribution >= 0.6 is 0 Å². The van der Waals surface area contributed by atoms with Gasteiger partial charge in [0.05, 0.1) is 12.7 Å². The number of rotatable bonds is 8. The zero-order valence-electron chi connectivity index (χ0n) is 12.4. The third kappa shape index (κ3) is 5.68. The zero-order valence-corrected chi connectivity index (χ0v) is 12.4. The maximum absolute atomic E-state index is 10.1. The summed E-state index contributed by atoms with van der Waals surface area (Å²) in [6.45, 7) is 7.85. The maximum atomic E-state index is 10.1. The molecule has 1 fully saturated rings. The smallest absolute Gasteiger partial charge is 0.0593 e. The van der Waals surface area contributed by atoms with E-state index in [4.69, 9.17) is 4.74 Å². The molecule has 108 valence electrons. The minimum absolute atomic E-state index is 0.0901. The summed E-state index contributed by atoms with van der Waals surface area (Å²) in [4.78, 5) is 2.30. The van der Waals surface area contributed by atoms with E-state index in [-0.39, 0.29) is 6.10 Å². The lowest BCUT2D eigenvalue weighted by molar-refractivity contribution is 0.0246. The van der Waals surface area contributed by atoms with Gasteiger partial charge in [-0.15, -0.1) is 0 Å². The van der Waals surface area contributed by atoms with Crippen molar-refractivity contribution < 1.29 is 9.84 Å². The fraction of sp³-hybridized carbons (Fsp3) is 1.00. The average molecular weight is 257 g/mol. The van der Waals surface area contributed by atoms with Crippen LogP contribution in [0.25, 0.3) is 0 Å². The standard InChI is InChI=1S/C15H31NO2/c1-4-6-13-7-8-15(17)14(11-13)12-16(3)9-10-18-5-2/h13-15,17H,4-12H2,1-3H3. The van der Waals surface area contributed by atoms with E-state index in [0.717, 1.165) is 38.6 Å². The Morgan fingerprint density at radius 3 is 2.72 bits per heavy atom. The van der Waals surface area contributed by atoms with Crippen LogP contribution in [0.5, 0.6) is 0 Å². The summed E-state index contributed by atoms with van der Waals surface area (Å²) in [5.41, 5.74) is 0. The fourth-order valence-electron chi connectivity index (χ4n) is 3.07. The van der Waals surface area contributed by atoms with Gasteiger partial charge in [0.2, 0.25) is 0 Å². The van der Waals surface area contributed by atoms with Gasteiger partial charge < -0.3 is 14.7 Å². The monoisotopic (exact) mass is 257 g/mol. The van der Waals surface area contributed by atoms with Gasteiger partial charge in [-0.2, -0.15) is 0 Å². The Morgan fingerprint density at radius 1 is 1.28 bits per heavy atom. The molecule has 18 heavy (non-hydrogen) atoms. The Morgan fingerprint density at radius 2 is 2.06 bits per heavy atom. The molecule has 0 bridgehead atoms. The maximum Gasteiger partial charge on any atom is 0.0593 e. The van der Waals surface area contributed by atoms with Gasteiger partial charge in [0, 0.05) is 19.7 Å². The molecule has 3 heteroatoms. The first-order chi connectivity index (χ1) is 8.67. The van der Waals surface area contributed by atoms with Gasteiger partial charge in [-0.25, -0.2) is 0 Å². The van der Waals surface area contributed by atoms with Crippen molar-refractivity contribution in [3.8, 4) is 0 Å². The first kappa shape index (κ1) is 15.9. The molecular formula is C15H31NO2. The number of aliphatic hydroxyl groups excluding tert-OH is 1. The van der Waals surface area contributed by atoms with Crippen LogP contribution in [-0.2, 0) is 4.74 Å². The summed E-state index contributed by atoms with van der Waals surface area (Å²) >= 11 is 0. The van der Waals surface area contributed by atoms with Crippen molar-refractivity contribution in [2.45, 2.75) is 52.1 Å². The highest BCUT2D eigenvalue weighted by molar-refractivity contribution is 4.81. The molecule has 0 aromatic rings. The molecule has 3 nitrogen and oxygen atoms in total. The molecule has 0 heterocycles. The molecule has 1 aliphatic carbocycles. The lowest BCUT2D eigenvalue weighted by Crippen LogP contribution is -2.38. The number of nitrogens with zero attached hydrogens (tertiary/aromatic N) is 1. The number of ether oxygens (including phenoxy) is 1. The van der Waals surface area contributed by atoms with Gasteiger partial charge in [0.25, 0.3) is 0 Å². The van der Waals surface area contributed by atoms with Crippen molar-refractivity contribution in [1.29, 1.82) is 0 Å². The number of likely N-dealkylation sites (N-methyl/N-ethyl adjacent to an activating group) is 1. The summed E-state index contributed by atoms with van der Waals surface area (Å²) in [6.07, 6.45) is 5.92. The Kier molecular flexibility index (Phi) is 7.87. The normalized spacial score (nSPS) is 28.8. The summed E-state index contributed by atoms with van der Waals surface area (Å²) in [7, 11) is 2.13. The third-order valence-corrected chi connectivity index (χ3v) is 4.12. The molecule has 0 radical (unpaired) electrons. The lowest BCUT2D eigenvalue weighted by atomic mass is 9.77. The zero-order chi connectivity index (χ0) is 13.4. The van der Waals surface area contributed by atoms with Crippen molar-refractivity contribution >= 4 is 0 Å². The summed E-state index contributed by atoms with van der Waals surface area (Å²) < 4.78 is 5.38. The van der Waals surface area contributed by atoms with E-state index >= 15 is 0 Å². The van der Waals surface area contributed by atoms with Crippen molar-refractivity contribution in [2.75, 3.05) is 33.4 Å². The van der Waals surface area contributed by atoms with E-state index < -0.39 is 0 Å². The lowest BCUT2D eigenvalue weighted by Gasteiger charge is -2.35. The van der Waals surface area contributed by atoms with Crippen LogP contribution in [0, 0.1) is 11.8 Å². The SMILES string of the molecule is CCCC1CCC(O)C(CN(C)CCOCC)C1. The molecule has 3 atom stereocenters. The Bertz CT molecular complexity index is 211. The molecule has 3 unspecified atom stereocenters. The third-order valence-electron chi connectivity index (χ3n) is 4.12. The van der Waals surface area contributed by atoms with E-state index in [9.17, 15) is 5.11 Å². The van der Waals surface area contributed by atoms with Crippen molar-refractivity contribution in [1.82, 2.24) is 4.90 Å². The van der Waals surface area contributed by atoms with E-state index in [0.29, 0.717) is 5.92 Å². The molecule has 1 rings (SSSR count). The topological polar surface area (TPSA) is 32.7 Å². The second kappa shape index (κ2) is 8.89. The van der Waals surface area contributed by atoms with Gasteiger partial charge in [0.1, 0.15) is 0 Å². The van der Waals surface area contributed by atoms with Gasteiger partial charge in [0.15, 0.2) is 0 Å². The summed E-state index contributed by atoms with van der Waals surface area (Å²) in [5.74, 6) is 1.30. The predicted octanol–water partition coefficient (Wildman–Crippen LogP) is 2.53. The molecule has 0 spiro atoms. The van der Waals surface area contributed by atoms with Crippen LogP contribution in [0.3, 0.4) is 0 Å². The summed E-state index contributed by atoms with van der Waals surface area (Å²) in [6, 6.07) is 0. The van der Waals surface area contributed by atoms with Gasteiger partial charge in [-0.05, 0) is 45.1 Å². The van der Waals surface area contributed by atoms with E-state index in [2.05, 4.69) is 18.9 Å². The van der Waals surface area contributed by atoms with Crippen molar-refractivity contribution in [3.05, 3.63) is 0 Å². The highest BCUT2D eigenvalue weighted by atomic mass is 16.5. The second-order valence-corrected chi connectivity index (χ2v) is 5.75. The van der Waals surface area contributed by atoms with E-state index in [1.54, 1.807) is 0 Å². The molecule has 0 aromatic carbocycles. The molecule has 0 saturated heterocycles. The van der Waals surface area contributed by atoms with Gasteiger partial charge in [-0.1, -0.05) is 19.8 Å². The Labute approximate surface area is 113 Å². The predicted molar refractivity (Wildman–Crippen MR) is 75.7 cm³/mol. The van der Waals surface area contributed by atoms with Crippen LogP contribution in [-0.4, -0.2) is 49.5 Å². The van der Waals surface area contributed by atoms with E-state index in [1.807, 2.05) is 6.92 Å². The molecule has 1 N–H and O–H groups in total. The van der Waals surface area contributed by atoms with Crippen molar-refractivity contribution in [3.63, 3.8) is 0 Å². The fourth-order valence-corrected chi connectivity index (χ4v) is 3.07. The summed E-state index contributed by atoms with van der Waals surface area (Å²) in [5, 5.41) is 10.1. The Balaban J connectivity index is 2.28. The van der Waals surface area contributed by atoms with Crippen molar-refractivity contribution in [2.24, 2.45) is 11.8 Å². The number of aliphatic hydroxyl groups is 1. The van der Waals surface area contributed by atoms with Crippen LogP contribution in [0.15, 0.2) is 0 Å². The van der Waals surface area contributed by atoms with Crippen LogP contribution in [0.2, 0.25) is 0 Å².